The summed E-state index contributed by atoms with van der Waals surface area (Å²) in [4.78, 5) is 24.0. The Morgan fingerprint density at radius 1 is 1.17 bits per heavy atom. The molecule has 0 aliphatic heterocycles. The van der Waals surface area contributed by atoms with E-state index in [1.165, 1.54) is 23.9 Å². The number of aromatic nitrogens is 4. The molecule has 3 aromatic rings. The topological polar surface area (TPSA) is 97.5 Å². The molecular weight excluding hydrogens is 422 g/mol. The van der Waals surface area contributed by atoms with Gasteiger partial charge >= 0.3 is 0 Å². The number of aryl methyl sites for hydroxylation is 2. The molecule has 1 amide bonds. The molecule has 160 valence electrons. The molecule has 0 fully saturated rings. The molecule has 30 heavy (non-hydrogen) atoms. The lowest BCUT2D eigenvalue weighted by Gasteiger charge is -2.27. The number of amides is 1. The van der Waals surface area contributed by atoms with Crippen molar-refractivity contribution in [2.24, 2.45) is 0 Å². The number of anilines is 1. The number of carbonyl (C=O) groups excluding carboxylic acids is 1. The second-order valence-corrected chi connectivity index (χ2v) is 10.2. The molecule has 0 N–H and O–H groups in total. The fourth-order valence-electron chi connectivity index (χ4n) is 3.35. The van der Waals surface area contributed by atoms with E-state index < -0.39 is 9.84 Å². The molecule has 0 spiro atoms. The van der Waals surface area contributed by atoms with Gasteiger partial charge in [-0.1, -0.05) is 11.8 Å². The van der Waals surface area contributed by atoms with Crippen molar-refractivity contribution in [2.75, 3.05) is 17.4 Å². The molecule has 3 rings (SSSR count). The van der Waals surface area contributed by atoms with E-state index in [-0.39, 0.29) is 23.3 Å². The van der Waals surface area contributed by atoms with Crippen LogP contribution in [-0.4, -0.2) is 52.5 Å². The molecule has 1 aromatic carbocycles. The maximum atomic E-state index is 13.3. The van der Waals surface area contributed by atoms with Crippen molar-refractivity contribution in [3.8, 4) is 0 Å². The zero-order chi connectivity index (χ0) is 22.2. The Labute approximate surface area is 180 Å². The van der Waals surface area contributed by atoms with Crippen LogP contribution in [0.2, 0.25) is 0 Å². The molecule has 0 aliphatic carbocycles. The van der Waals surface area contributed by atoms with Crippen molar-refractivity contribution in [2.45, 2.75) is 50.2 Å². The van der Waals surface area contributed by atoms with Gasteiger partial charge in [0, 0.05) is 34.9 Å². The number of benzene rings is 1. The van der Waals surface area contributed by atoms with E-state index in [1.807, 2.05) is 34.0 Å². The van der Waals surface area contributed by atoms with Gasteiger partial charge in [0.05, 0.1) is 11.3 Å². The summed E-state index contributed by atoms with van der Waals surface area (Å²) in [6, 6.07) is 6.27. The van der Waals surface area contributed by atoms with Gasteiger partial charge in [-0.05, 0) is 58.2 Å². The largest absolute Gasteiger partial charge is 0.310 e. The SMILES string of the molecule is CSc1nc2nc(C)c(CC(=O)N(c3ccc(S(C)(=O)=O)cc3)C(C)C)c(C)n2n1. The van der Waals surface area contributed by atoms with Crippen LogP contribution in [-0.2, 0) is 21.1 Å². The van der Waals surface area contributed by atoms with Crippen LogP contribution in [0.15, 0.2) is 34.3 Å². The minimum atomic E-state index is -3.30. The number of fused-ring (bicyclic) bond motifs is 1. The lowest BCUT2D eigenvalue weighted by molar-refractivity contribution is -0.118. The quantitative estimate of drug-likeness (QED) is 0.536. The van der Waals surface area contributed by atoms with Crippen molar-refractivity contribution in [1.29, 1.82) is 0 Å². The lowest BCUT2D eigenvalue weighted by atomic mass is 10.1. The number of sulfone groups is 1. The van der Waals surface area contributed by atoms with E-state index in [0.29, 0.717) is 16.6 Å². The van der Waals surface area contributed by atoms with E-state index in [1.54, 1.807) is 21.5 Å². The third-order valence-corrected chi connectivity index (χ3v) is 6.53. The van der Waals surface area contributed by atoms with Crippen molar-refractivity contribution in [3.63, 3.8) is 0 Å². The molecule has 0 saturated carbocycles. The van der Waals surface area contributed by atoms with Crippen LogP contribution in [0, 0.1) is 13.8 Å². The monoisotopic (exact) mass is 447 g/mol. The Bertz CT molecular complexity index is 1200. The van der Waals surface area contributed by atoms with Crippen molar-refractivity contribution < 1.29 is 13.2 Å². The first-order valence-corrected chi connectivity index (χ1v) is 12.5. The van der Waals surface area contributed by atoms with Crippen molar-refractivity contribution >= 4 is 39.0 Å². The number of carbonyl (C=O) groups is 1. The number of thioether (sulfide) groups is 1. The van der Waals surface area contributed by atoms with Gasteiger partial charge in [-0.15, -0.1) is 5.10 Å². The summed E-state index contributed by atoms with van der Waals surface area (Å²) in [6.45, 7) is 7.62. The number of nitrogens with zero attached hydrogens (tertiary/aromatic N) is 5. The maximum Gasteiger partial charge on any atom is 0.253 e. The van der Waals surface area contributed by atoms with Crippen LogP contribution in [0.3, 0.4) is 0 Å². The Balaban J connectivity index is 1.96. The Morgan fingerprint density at radius 3 is 2.33 bits per heavy atom. The summed E-state index contributed by atoms with van der Waals surface area (Å²) in [5, 5.41) is 5.06. The fraction of sp³-hybridized carbons (Fsp3) is 0.400. The number of hydrogen-bond donors (Lipinski definition) is 0. The molecule has 10 heteroatoms. The molecular formula is C20H25N5O3S2. The standard InChI is InChI=1S/C20H25N5O3S2/c1-12(2)24(15-7-9-16(10-8-15)30(6,27)28)18(26)11-17-13(3)21-19-22-20(29-5)23-25(19)14(17)4/h7-10,12H,11H2,1-6H3. The second kappa shape index (κ2) is 8.35. The van der Waals surface area contributed by atoms with Crippen molar-refractivity contribution in [1.82, 2.24) is 19.6 Å². The molecule has 2 aromatic heterocycles. The molecule has 2 heterocycles. The highest BCUT2D eigenvalue weighted by Crippen LogP contribution is 2.23. The van der Waals surface area contributed by atoms with Gasteiger partial charge in [-0.25, -0.2) is 17.9 Å². The van der Waals surface area contributed by atoms with Gasteiger partial charge in [-0.2, -0.15) is 4.98 Å². The van der Waals surface area contributed by atoms with E-state index in [9.17, 15) is 13.2 Å². The highest BCUT2D eigenvalue weighted by molar-refractivity contribution is 7.98. The van der Waals surface area contributed by atoms with Gasteiger partial charge in [-0.3, -0.25) is 4.79 Å². The average Bonchev–Trinajstić information content (AvgIpc) is 3.08. The normalized spacial score (nSPS) is 12.0. The lowest BCUT2D eigenvalue weighted by Crippen LogP contribution is -2.38. The number of rotatable bonds is 6. The summed E-state index contributed by atoms with van der Waals surface area (Å²) in [5.74, 6) is 0.414. The average molecular weight is 448 g/mol. The van der Waals surface area contributed by atoms with Gasteiger partial charge in [0.2, 0.25) is 11.1 Å². The van der Waals surface area contributed by atoms with Crippen LogP contribution in [0.1, 0.15) is 30.8 Å². The van der Waals surface area contributed by atoms with Gasteiger partial charge in [0.1, 0.15) is 0 Å². The van der Waals surface area contributed by atoms with E-state index >= 15 is 0 Å². The first kappa shape index (κ1) is 22.2. The Morgan fingerprint density at radius 2 is 1.80 bits per heavy atom. The summed E-state index contributed by atoms with van der Waals surface area (Å²) in [7, 11) is -3.30. The van der Waals surface area contributed by atoms with Crippen LogP contribution < -0.4 is 4.90 Å². The Hall–Kier alpha value is -2.46. The van der Waals surface area contributed by atoms with Crippen LogP contribution >= 0.6 is 11.8 Å². The first-order valence-electron chi connectivity index (χ1n) is 9.42. The minimum absolute atomic E-state index is 0.102. The highest BCUT2D eigenvalue weighted by atomic mass is 32.2. The Kier molecular flexibility index (Phi) is 6.19. The number of hydrogen-bond acceptors (Lipinski definition) is 7. The first-order chi connectivity index (χ1) is 14.0. The third-order valence-electron chi connectivity index (χ3n) is 4.87. The van der Waals surface area contributed by atoms with Gasteiger partial charge in [0.25, 0.3) is 5.78 Å². The van der Waals surface area contributed by atoms with Gasteiger partial charge < -0.3 is 4.90 Å². The second-order valence-electron chi connectivity index (χ2n) is 7.37. The fourth-order valence-corrected chi connectivity index (χ4v) is 4.32. The molecule has 0 radical (unpaired) electrons. The molecule has 0 saturated heterocycles. The predicted molar refractivity (Wildman–Crippen MR) is 118 cm³/mol. The zero-order valence-corrected chi connectivity index (χ0v) is 19.5. The maximum absolute atomic E-state index is 13.3. The summed E-state index contributed by atoms with van der Waals surface area (Å²) < 4.78 is 25.1. The van der Waals surface area contributed by atoms with Crippen LogP contribution in [0.5, 0.6) is 0 Å². The molecule has 8 nitrogen and oxygen atoms in total. The summed E-state index contributed by atoms with van der Waals surface area (Å²) >= 11 is 1.44. The molecule has 0 aliphatic rings. The highest BCUT2D eigenvalue weighted by Gasteiger charge is 2.23. The van der Waals surface area contributed by atoms with Gasteiger partial charge in [0.15, 0.2) is 9.84 Å². The molecule has 0 unspecified atom stereocenters. The van der Waals surface area contributed by atoms with Crippen LogP contribution in [0.25, 0.3) is 5.78 Å². The smallest absolute Gasteiger partial charge is 0.253 e. The minimum Gasteiger partial charge on any atom is -0.310 e. The zero-order valence-electron chi connectivity index (χ0n) is 17.9. The van der Waals surface area contributed by atoms with E-state index in [4.69, 9.17) is 0 Å². The molecule has 0 atom stereocenters. The predicted octanol–water partition coefficient (Wildman–Crippen LogP) is 2.85. The molecule has 0 bridgehead atoms. The van der Waals surface area contributed by atoms with E-state index in [0.717, 1.165) is 23.2 Å². The third kappa shape index (κ3) is 4.34. The summed E-state index contributed by atoms with van der Waals surface area (Å²) in [5.41, 5.74) is 3.03. The van der Waals surface area contributed by atoms with Crippen LogP contribution in [0.4, 0.5) is 5.69 Å². The van der Waals surface area contributed by atoms with Crippen molar-refractivity contribution in [3.05, 3.63) is 41.2 Å². The summed E-state index contributed by atoms with van der Waals surface area (Å²) in [6.07, 6.45) is 3.21. The van der Waals surface area contributed by atoms with E-state index in [2.05, 4.69) is 15.1 Å².